The van der Waals surface area contributed by atoms with Crippen LogP contribution in [-0.4, -0.2) is 6.61 Å². The molecule has 2 heterocycles. The zero-order chi connectivity index (χ0) is 13.6. The quantitative estimate of drug-likeness (QED) is 0.727. The van der Waals surface area contributed by atoms with E-state index < -0.39 is 5.60 Å². The topological polar surface area (TPSA) is 18.5 Å². The fourth-order valence-electron chi connectivity index (χ4n) is 3.01. The Hall–Kier alpha value is -2.06. The number of benzene rings is 2. The van der Waals surface area contributed by atoms with E-state index in [9.17, 15) is 0 Å². The average Bonchev–Trinajstić information content (AvgIpc) is 3.06. The highest BCUT2D eigenvalue weighted by molar-refractivity contribution is 5.46. The number of rotatable bonds is 1. The molecule has 100 valence electrons. The lowest BCUT2D eigenvalue weighted by atomic mass is 9.97. The van der Waals surface area contributed by atoms with Crippen LogP contribution in [0.4, 0.5) is 0 Å². The molecule has 0 N–H and O–H groups in total. The van der Waals surface area contributed by atoms with Crippen LogP contribution >= 0.6 is 0 Å². The van der Waals surface area contributed by atoms with E-state index in [0.717, 1.165) is 11.3 Å². The summed E-state index contributed by atoms with van der Waals surface area (Å²) < 4.78 is 12.1. The standard InChI is InChI=1S/C18H16O2/c1-13-5-4-6-14(11-13)16-9-10-18(20-16)12-19-17-8-3-2-7-15(17)18/h2-11,16H,12H2,1H3/t16-,18+/m1/s1. The summed E-state index contributed by atoms with van der Waals surface area (Å²) in [6, 6.07) is 16.6. The Bertz CT molecular complexity index is 689. The molecule has 1 spiro atoms. The molecule has 0 saturated carbocycles. The summed E-state index contributed by atoms with van der Waals surface area (Å²) in [4.78, 5) is 0. The summed E-state index contributed by atoms with van der Waals surface area (Å²) in [6.07, 6.45) is 4.29. The maximum Gasteiger partial charge on any atom is 0.150 e. The van der Waals surface area contributed by atoms with Gasteiger partial charge in [0.1, 0.15) is 24.1 Å². The van der Waals surface area contributed by atoms with Gasteiger partial charge in [-0.25, -0.2) is 0 Å². The van der Waals surface area contributed by atoms with E-state index in [0.29, 0.717) is 6.61 Å². The van der Waals surface area contributed by atoms with E-state index in [-0.39, 0.29) is 6.10 Å². The second-order valence-corrected chi connectivity index (χ2v) is 5.49. The highest BCUT2D eigenvalue weighted by Gasteiger charge is 2.44. The summed E-state index contributed by atoms with van der Waals surface area (Å²) >= 11 is 0. The minimum atomic E-state index is -0.412. The number of hydrogen-bond acceptors (Lipinski definition) is 2. The fourth-order valence-corrected chi connectivity index (χ4v) is 3.01. The van der Waals surface area contributed by atoms with Gasteiger partial charge in [0.25, 0.3) is 0 Å². The smallest absolute Gasteiger partial charge is 0.150 e. The van der Waals surface area contributed by atoms with Crippen LogP contribution < -0.4 is 4.74 Å². The second-order valence-electron chi connectivity index (χ2n) is 5.49. The summed E-state index contributed by atoms with van der Waals surface area (Å²) in [6.45, 7) is 2.66. The van der Waals surface area contributed by atoms with Crippen LogP contribution in [0.2, 0.25) is 0 Å². The monoisotopic (exact) mass is 264 g/mol. The lowest BCUT2D eigenvalue weighted by molar-refractivity contribution is -0.0390. The molecule has 2 aromatic rings. The average molecular weight is 264 g/mol. The van der Waals surface area contributed by atoms with Crippen molar-refractivity contribution in [3.63, 3.8) is 0 Å². The Labute approximate surface area is 118 Å². The second kappa shape index (κ2) is 4.22. The largest absolute Gasteiger partial charge is 0.489 e. The van der Waals surface area contributed by atoms with Crippen molar-refractivity contribution in [2.24, 2.45) is 0 Å². The molecule has 0 bridgehead atoms. The van der Waals surface area contributed by atoms with Crippen molar-refractivity contribution in [3.8, 4) is 5.75 Å². The molecule has 2 nitrogen and oxygen atoms in total. The van der Waals surface area contributed by atoms with Gasteiger partial charge in [0.05, 0.1) is 0 Å². The minimum Gasteiger partial charge on any atom is -0.489 e. The number of aryl methyl sites for hydroxylation is 1. The normalized spacial score (nSPS) is 26.8. The lowest BCUT2D eigenvalue weighted by Gasteiger charge is -2.23. The minimum absolute atomic E-state index is 0.00431. The van der Waals surface area contributed by atoms with Crippen molar-refractivity contribution < 1.29 is 9.47 Å². The van der Waals surface area contributed by atoms with E-state index in [1.165, 1.54) is 11.1 Å². The third-order valence-corrected chi connectivity index (χ3v) is 4.03. The first-order valence-electron chi connectivity index (χ1n) is 6.93. The molecular formula is C18H16O2. The van der Waals surface area contributed by atoms with Crippen LogP contribution in [0.25, 0.3) is 0 Å². The van der Waals surface area contributed by atoms with Crippen molar-refractivity contribution in [1.82, 2.24) is 0 Å². The van der Waals surface area contributed by atoms with Gasteiger partial charge in [0.15, 0.2) is 0 Å². The first-order chi connectivity index (χ1) is 9.77. The van der Waals surface area contributed by atoms with Crippen LogP contribution in [0.1, 0.15) is 22.8 Å². The number of fused-ring (bicyclic) bond motifs is 2. The van der Waals surface area contributed by atoms with E-state index in [1.54, 1.807) is 0 Å². The molecule has 0 aliphatic carbocycles. The van der Waals surface area contributed by atoms with E-state index >= 15 is 0 Å². The fraction of sp³-hybridized carbons (Fsp3) is 0.222. The molecule has 2 atom stereocenters. The van der Waals surface area contributed by atoms with Crippen LogP contribution in [-0.2, 0) is 10.3 Å². The first kappa shape index (κ1) is 11.7. The van der Waals surface area contributed by atoms with Crippen molar-refractivity contribution in [2.45, 2.75) is 18.6 Å². The van der Waals surface area contributed by atoms with Crippen LogP contribution in [0.5, 0.6) is 5.75 Å². The molecule has 0 unspecified atom stereocenters. The number of hydrogen-bond donors (Lipinski definition) is 0. The van der Waals surface area contributed by atoms with Crippen LogP contribution in [0, 0.1) is 6.92 Å². The lowest BCUT2D eigenvalue weighted by Crippen LogP contribution is -2.26. The Morgan fingerprint density at radius 2 is 2.00 bits per heavy atom. The summed E-state index contributed by atoms with van der Waals surface area (Å²) in [7, 11) is 0. The van der Waals surface area contributed by atoms with Gasteiger partial charge in [-0.15, -0.1) is 0 Å². The van der Waals surface area contributed by atoms with Gasteiger partial charge < -0.3 is 9.47 Å². The molecule has 20 heavy (non-hydrogen) atoms. The number of ether oxygens (including phenoxy) is 2. The van der Waals surface area contributed by atoms with Crippen molar-refractivity contribution in [2.75, 3.05) is 6.61 Å². The molecule has 0 amide bonds. The molecule has 2 aliphatic heterocycles. The molecule has 0 saturated heterocycles. The zero-order valence-corrected chi connectivity index (χ0v) is 11.4. The number of para-hydroxylation sites is 1. The van der Waals surface area contributed by atoms with Gasteiger partial charge >= 0.3 is 0 Å². The maximum atomic E-state index is 6.34. The maximum absolute atomic E-state index is 6.34. The summed E-state index contributed by atoms with van der Waals surface area (Å²) in [5.41, 5.74) is 3.17. The van der Waals surface area contributed by atoms with Crippen molar-refractivity contribution in [3.05, 3.63) is 77.4 Å². The van der Waals surface area contributed by atoms with Gasteiger partial charge in [-0.2, -0.15) is 0 Å². The molecular weight excluding hydrogens is 248 g/mol. The Morgan fingerprint density at radius 1 is 1.10 bits per heavy atom. The predicted octanol–water partition coefficient (Wildman–Crippen LogP) is 3.91. The molecule has 0 radical (unpaired) electrons. The van der Waals surface area contributed by atoms with Crippen molar-refractivity contribution >= 4 is 0 Å². The van der Waals surface area contributed by atoms with Gasteiger partial charge in [-0.05, 0) is 24.6 Å². The first-order valence-corrected chi connectivity index (χ1v) is 6.93. The SMILES string of the molecule is Cc1cccc([C@H]2C=C[C@@]3(COc4ccccc43)O2)c1. The molecule has 2 aromatic carbocycles. The van der Waals surface area contributed by atoms with Gasteiger partial charge in [0.2, 0.25) is 0 Å². The predicted molar refractivity (Wildman–Crippen MR) is 77.8 cm³/mol. The van der Waals surface area contributed by atoms with Crippen molar-refractivity contribution in [1.29, 1.82) is 0 Å². The third-order valence-electron chi connectivity index (χ3n) is 4.03. The molecule has 2 heteroatoms. The van der Waals surface area contributed by atoms with Crippen LogP contribution in [0.3, 0.4) is 0 Å². The highest BCUT2D eigenvalue weighted by Crippen LogP contribution is 2.47. The van der Waals surface area contributed by atoms with Crippen LogP contribution in [0.15, 0.2) is 60.7 Å². The summed E-state index contributed by atoms with van der Waals surface area (Å²) in [5, 5.41) is 0. The van der Waals surface area contributed by atoms with E-state index in [4.69, 9.17) is 9.47 Å². The highest BCUT2D eigenvalue weighted by atomic mass is 16.6. The van der Waals surface area contributed by atoms with E-state index in [1.807, 2.05) is 18.2 Å². The summed E-state index contributed by atoms with van der Waals surface area (Å²) in [5.74, 6) is 0.932. The molecule has 0 aromatic heterocycles. The van der Waals surface area contributed by atoms with Gasteiger partial charge in [-0.3, -0.25) is 0 Å². The molecule has 4 rings (SSSR count). The molecule has 2 aliphatic rings. The Balaban J connectivity index is 1.68. The molecule has 0 fully saturated rings. The van der Waals surface area contributed by atoms with E-state index in [2.05, 4.69) is 49.4 Å². The van der Waals surface area contributed by atoms with Gasteiger partial charge in [-0.1, -0.05) is 54.1 Å². The Kier molecular flexibility index (Phi) is 2.48. The van der Waals surface area contributed by atoms with Gasteiger partial charge in [0, 0.05) is 5.56 Å². The zero-order valence-electron chi connectivity index (χ0n) is 11.4. The Morgan fingerprint density at radius 3 is 2.90 bits per heavy atom. The third kappa shape index (κ3) is 1.69.